The van der Waals surface area contributed by atoms with Crippen LogP contribution in [0.5, 0.6) is 0 Å². The molecule has 0 aromatic heterocycles. The monoisotopic (exact) mass is 596 g/mol. The van der Waals surface area contributed by atoms with Gasteiger partial charge in [-0.15, -0.1) is 13.2 Å². The number of nitrogens with zero attached hydrogens (tertiary/aromatic N) is 2. The van der Waals surface area contributed by atoms with Crippen LogP contribution < -0.4 is 0 Å². The lowest BCUT2D eigenvalue weighted by molar-refractivity contribution is -0.157. The largest absolute Gasteiger partial charge is 0.465 e. The lowest BCUT2D eigenvalue weighted by atomic mass is 9.70. The fraction of sp³-hybridized carbons (Fsp3) is 0.759. The summed E-state index contributed by atoms with van der Waals surface area (Å²) in [6, 6.07) is -1.60. The van der Waals surface area contributed by atoms with Gasteiger partial charge in [-0.3, -0.25) is 14.4 Å². The van der Waals surface area contributed by atoms with Gasteiger partial charge < -0.3 is 24.4 Å². The minimum atomic E-state index is -1.18. The van der Waals surface area contributed by atoms with Crippen molar-refractivity contribution in [2.75, 3.05) is 19.8 Å². The molecular weight excluding hydrogens is 552 g/mol. The smallest absolute Gasteiger partial charge is 0.312 e. The summed E-state index contributed by atoms with van der Waals surface area (Å²) < 4.78 is 12.2. The molecule has 3 heterocycles. The Balaban J connectivity index is 2.08. The Morgan fingerprint density at radius 2 is 2.03 bits per heavy atom. The Kier molecular flexibility index (Phi) is 10.6. The first-order valence-corrected chi connectivity index (χ1v) is 15.0. The van der Waals surface area contributed by atoms with E-state index < -0.39 is 41.6 Å². The first kappa shape index (κ1) is 30.8. The molecule has 9 atom stereocenters. The number of amides is 2. The van der Waals surface area contributed by atoms with Crippen LogP contribution in [0.2, 0.25) is 0 Å². The Morgan fingerprint density at radius 3 is 2.61 bits per heavy atom. The quantitative estimate of drug-likeness (QED) is 0.133. The van der Waals surface area contributed by atoms with Gasteiger partial charge in [-0.2, -0.15) is 0 Å². The van der Waals surface area contributed by atoms with E-state index in [0.717, 1.165) is 25.7 Å². The van der Waals surface area contributed by atoms with E-state index in [1.165, 1.54) is 0 Å². The summed E-state index contributed by atoms with van der Waals surface area (Å²) in [6.45, 7) is 15.9. The normalized spacial score (nSPS) is 32.0. The van der Waals surface area contributed by atoms with E-state index in [4.69, 9.17) is 9.47 Å². The predicted octanol–water partition coefficient (Wildman–Crippen LogP) is 3.85. The number of hydrogen-bond donors (Lipinski definition) is 1. The Labute approximate surface area is 235 Å². The van der Waals surface area contributed by atoms with Crippen LogP contribution in [0.15, 0.2) is 25.3 Å². The molecule has 0 aliphatic carbocycles. The molecule has 3 rings (SSSR count). The molecule has 0 radical (unpaired) electrons. The van der Waals surface area contributed by atoms with Crippen LogP contribution in [0.1, 0.15) is 66.2 Å². The Hall–Kier alpha value is -1.71. The fourth-order valence-corrected chi connectivity index (χ4v) is 7.58. The minimum Gasteiger partial charge on any atom is -0.465 e. The maximum Gasteiger partial charge on any atom is 0.312 e. The molecule has 2 bridgehead atoms. The topological polar surface area (TPSA) is 96.4 Å². The highest BCUT2D eigenvalue weighted by Crippen LogP contribution is 2.61. The van der Waals surface area contributed by atoms with Gasteiger partial charge in [0.05, 0.1) is 37.2 Å². The second-order valence-corrected chi connectivity index (χ2v) is 12.2. The number of hydrogen-bond acceptors (Lipinski definition) is 6. The third-order valence-electron chi connectivity index (χ3n) is 8.72. The molecule has 3 saturated heterocycles. The van der Waals surface area contributed by atoms with E-state index in [1.54, 1.807) is 22.0 Å². The zero-order valence-electron chi connectivity index (χ0n) is 23.3. The molecule has 4 unspecified atom stereocenters. The fourth-order valence-electron chi connectivity index (χ4n) is 6.64. The molecule has 8 nitrogen and oxygen atoms in total. The number of rotatable bonds is 15. The third-order valence-corrected chi connectivity index (χ3v) is 9.57. The lowest BCUT2D eigenvalue weighted by Crippen LogP contribution is -2.61. The number of carbonyl (C=O) groups excluding carboxylic acids is 3. The molecule has 3 aliphatic heterocycles. The number of aliphatic hydroxyl groups is 1. The van der Waals surface area contributed by atoms with Crippen molar-refractivity contribution in [1.29, 1.82) is 0 Å². The van der Waals surface area contributed by atoms with Crippen LogP contribution in [-0.2, 0) is 23.9 Å². The third kappa shape index (κ3) is 5.35. The van der Waals surface area contributed by atoms with Crippen LogP contribution in [0.4, 0.5) is 0 Å². The van der Waals surface area contributed by atoms with Gasteiger partial charge in [0.2, 0.25) is 11.8 Å². The van der Waals surface area contributed by atoms with Gasteiger partial charge >= 0.3 is 5.97 Å². The summed E-state index contributed by atoms with van der Waals surface area (Å²) in [7, 11) is 0. The number of halogens is 1. The number of unbranched alkanes of at least 4 members (excludes halogenated alkanes) is 1. The van der Waals surface area contributed by atoms with E-state index in [-0.39, 0.29) is 41.8 Å². The van der Waals surface area contributed by atoms with Crippen LogP contribution in [-0.4, -0.2) is 87.1 Å². The van der Waals surface area contributed by atoms with Crippen LogP contribution in [0.3, 0.4) is 0 Å². The van der Waals surface area contributed by atoms with E-state index >= 15 is 0 Å². The van der Waals surface area contributed by atoms with Crippen molar-refractivity contribution >= 4 is 33.7 Å². The van der Waals surface area contributed by atoms with Crippen LogP contribution in [0.25, 0.3) is 0 Å². The first-order valence-electron chi connectivity index (χ1n) is 14.1. The van der Waals surface area contributed by atoms with E-state index in [2.05, 4.69) is 36.0 Å². The number of aliphatic hydroxyl groups excluding tert-OH is 1. The maximum atomic E-state index is 14.5. The second kappa shape index (κ2) is 13.1. The van der Waals surface area contributed by atoms with Crippen molar-refractivity contribution in [3.05, 3.63) is 25.3 Å². The van der Waals surface area contributed by atoms with Gasteiger partial charge in [0, 0.05) is 17.4 Å². The van der Waals surface area contributed by atoms with Gasteiger partial charge in [0.25, 0.3) is 0 Å². The summed E-state index contributed by atoms with van der Waals surface area (Å²) in [5, 5.41) is 10.5. The maximum absolute atomic E-state index is 14.5. The van der Waals surface area contributed by atoms with E-state index in [0.29, 0.717) is 19.4 Å². The number of likely N-dealkylation sites (tertiary alicyclic amines) is 1. The molecule has 0 saturated carbocycles. The number of alkyl halides is 1. The number of fused-ring (bicyclic) bond motifs is 1. The summed E-state index contributed by atoms with van der Waals surface area (Å²) in [6.07, 6.45) is 7.11. The van der Waals surface area contributed by atoms with Gasteiger partial charge in [0.15, 0.2) is 0 Å². The zero-order valence-corrected chi connectivity index (χ0v) is 24.9. The van der Waals surface area contributed by atoms with Gasteiger partial charge in [0.1, 0.15) is 11.6 Å². The van der Waals surface area contributed by atoms with Crippen molar-refractivity contribution < 1.29 is 29.0 Å². The van der Waals surface area contributed by atoms with E-state index in [1.807, 2.05) is 20.8 Å². The molecule has 9 heteroatoms. The SMILES string of the molecule is C=CCCCOC(=O)[C@H]1[C@@H]2OC3(CC2Br)C(C(=O)N(CC=C)C(C)CCC)N([C@@H](CO)[C@@H](C)CC)C(=O)[C@H]13. The van der Waals surface area contributed by atoms with Crippen LogP contribution in [0, 0.1) is 17.8 Å². The number of allylic oxidation sites excluding steroid dienone is 1. The molecule has 0 aromatic carbocycles. The summed E-state index contributed by atoms with van der Waals surface area (Å²) in [5.74, 6) is -2.71. The Bertz CT molecular complexity index is 898. The molecule has 38 heavy (non-hydrogen) atoms. The zero-order chi connectivity index (χ0) is 28.2. The molecular formula is C29H45BrN2O6. The molecule has 1 N–H and O–H groups in total. The highest BCUT2D eigenvalue weighted by molar-refractivity contribution is 9.09. The average Bonchev–Trinajstić information content (AvgIpc) is 3.48. The summed E-state index contributed by atoms with van der Waals surface area (Å²) in [4.78, 5) is 45.3. The van der Waals surface area contributed by atoms with Crippen molar-refractivity contribution in [2.45, 2.75) is 101 Å². The van der Waals surface area contributed by atoms with Gasteiger partial charge in [-0.25, -0.2) is 0 Å². The Morgan fingerprint density at radius 1 is 1.32 bits per heavy atom. The summed E-state index contributed by atoms with van der Waals surface area (Å²) >= 11 is 3.70. The molecule has 3 aliphatic rings. The lowest BCUT2D eigenvalue weighted by Gasteiger charge is -2.42. The number of ether oxygens (including phenoxy) is 2. The highest BCUT2D eigenvalue weighted by Gasteiger charge is 2.77. The predicted molar refractivity (Wildman–Crippen MR) is 150 cm³/mol. The van der Waals surface area contributed by atoms with Crippen molar-refractivity contribution in [3.8, 4) is 0 Å². The van der Waals surface area contributed by atoms with Crippen LogP contribution >= 0.6 is 15.9 Å². The molecule has 3 fully saturated rings. The summed E-state index contributed by atoms with van der Waals surface area (Å²) in [5.41, 5.74) is -1.18. The number of carbonyl (C=O) groups is 3. The van der Waals surface area contributed by atoms with Gasteiger partial charge in [-0.05, 0) is 38.5 Å². The van der Waals surface area contributed by atoms with Crippen molar-refractivity contribution in [1.82, 2.24) is 9.80 Å². The second-order valence-electron chi connectivity index (χ2n) is 11.1. The molecule has 214 valence electrons. The van der Waals surface area contributed by atoms with Crippen molar-refractivity contribution in [2.24, 2.45) is 17.8 Å². The molecule has 2 amide bonds. The number of esters is 1. The molecule has 1 spiro atoms. The first-order chi connectivity index (χ1) is 18.1. The molecule has 0 aromatic rings. The standard InChI is InChI=1S/C29H45BrN2O6/c1-7-11-12-15-37-28(36)22-23-26(34)32(21(17-33)18(5)10-4)25(29(23)16-20(30)24(22)38-29)27(35)31(14-9-3)19(6)13-8-2/h7,9,18-25,33H,1,3,8,10-17H2,2,4-6H3/t18-,19?,20?,21-,22+,23-,24+,25?,29?/m0/s1. The highest BCUT2D eigenvalue weighted by atomic mass is 79.9. The van der Waals surface area contributed by atoms with Crippen molar-refractivity contribution in [3.63, 3.8) is 0 Å². The van der Waals surface area contributed by atoms with Gasteiger partial charge in [-0.1, -0.05) is 61.7 Å². The van der Waals surface area contributed by atoms with E-state index in [9.17, 15) is 19.5 Å². The minimum absolute atomic E-state index is 0.0586. The average molecular weight is 598 g/mol.